The zero-order valence-electron chi connectivity index (χ0n) is 15.5. The molecule has 0 radical (unpaired) electrons. The first-order valence-electron chi connectivity index (χ1n) is 9.50. The summed E-state index contributed by atoms with van der Waals surface area (Å²) < 4.78 is 7.11. The molecule has 28 heavy (non-hydrogen) atoms. The third-order valence-electron chi connectivity index (χ3n) is 4.95. The molecule has 1 N–H and O–H groups in total. The van der Waals surface area contributed by atoms with Gasteiger partial charge in [-0.1, -0.05) is 36.7 Å². The molecule has 2 aromatic heterocycles. The van der Waals surface area contributed by atoms with E-state index < -0.39 is 0 Å². The van der Waals surface area contributed by atoms with E-state index >= 15 is 0 Å². The Morgan fingerprint density at radius 1 is 1.29 bits per heavy atom. The number of aromatic nitrogens is 3. The van der Waals surface area contributed by atoms with E-state index in [0.29, 0.717) is 29.8 Å². The van der Waals surface area contributed by atoms with Gasteiger partial charge >= 0.3 is 0 Å². The van der Waals surface area contributed by atoms with Gasteiger partial charge in [-0.15, -0.1) is 0 Å². The first kappa shape index (κ1) is 18.7. The van der Waals surface area contributed by atoms with Crippen molar-refractivity contribution >= 4 is 28.8 Å². The van der Waals surface area contributed by atoms with Gasteiger partial charge in [0.05, 0.1) is 17.8 Å². The smallest absolute Gasteiger partial charge is 0.257 e. The molecule has 0 aliphatic heterocycles. The second-order valence-electron chi connectivity index (χ2n) is 6.91. The lowest BCUT2D eigenvalue weighted by molar-refractivity contribution is -0.118. The van der Waals surface area contributed by atoms with Crippen molar-refractivity contribution in [2.45, 2.75) is 43.4 Å². The molecule has 3 aromatic rings. The van der Waals surface area contributed by atoms with Crippen molar-refractivity contribution in [1.82, 2.24) is 19.9 Å². The molecule has 7 nitrogen and oxygen atoms in total. The van der Waals surface area contributed by atoms with Crippen LogP contribution in [0.5, 0.6) is 0 Å². The fourth-order valence-corrected chi connectivity index (χ4v) is 4.13. The van der Waals surface area contributed by atoms with Gasteiger partial charge in [-0.3, -0.25) is 14.2 Å². The molecule has 1 aliphatic rings. The van der Waals surface area contributed by atoms with E-state index in [4.69, 9.17) is 4.42 Å². The second-order valence-corrected chi connectivity index (χ2v) is 7.84. The summed E-state index contributed by atoms with van der Waals surface area (Å²) in [5.41, 5.74) is 2.32. The summed E-state index contributed by atoms with van der Waals surface area (Å²) in [6.07, 6.45) is 6.25. The highest BCUT2D eigenvalue weighted by molar-refractivity contribution is 7.99. The summed E-state index contributed by atoms with van der Waals surface area (Å²) in [4.78, 5) is 33.1. The maximum atomic E-state index is 12.3. The first-order chi connectivity index (χ1) is 13.7. The van der Waals surface area contributed by atoms with Gasteiger partial charge in [-0.2, -0.15) is 0 Å². The Morgan fingerprint density at radius 3 is 2.89 bits per heavy atom. The van der Waals surface area contributed by atoms with Crippen LogP contribution in [0.25, 0.3) is 11.1 Å². The number of benzene rings is 1. The van der Waals surface area contributed by atoms with Gasteiger partial charge in [0.15, 0.2) is 5.58 Å². The van der Waals surface area contributed by atoms with Gasteiger partial charge in [0.25, 0.3) is 10.8 Å². The van der Waals surface area contributed by atoms with Crippen LogP contribution in [0.1, 0.15) is 37.3 Å². The lowest BCUT2D eigenvalue weighted by Gasteiger charge is -2.10. The maximum Gasteiger partial charge on any atom is 0.257 e. The third kappa shape index (κ3) is 4.44. The van der Waals surface area contributed by atoms with Gasteiger partial charge < -0.3 is 9.73 Å². The molecule has 146 valence electrons. The second kappa shape index (κ2) is 8.60. The van der Waals surface area contributed by atoms with Crippen LogP contribution in [0.4, 0.5) is 0 Å². The van der Waals surface area contributed by atoms with Crippen LogP contribution in [-0.4, -0.2) is 32.7 Å². The quantitative estimate of drug-likeness (QED) is 0.616. The van der Waals surface area contributed by atoms with E-state index in [1.54, 1.807) is 12.4 Å². The lowest BCUT2D eigenvalue weighted by atomic mass is 10.0. The van der Waals surface area contributed by atoms with Crippen LogP contribution in [-0.2, 0) is 11.3 Å². The molecule has 1 aliphatic carbocycles. The highest BCUT2D eigenvalue weighted by Crippen LogP contribution is 2.32. The Balaban J connectivity index is 1.24. The molecule has 0 unspecified atom stereocenters. The number of nitrogens with zero attached hydrogens (tertiary/aromatic N) is 3. The normalized spacial score (nSPS) is 14.6. The number of hydrogen-bond acceptors (Lipinski definition) is 6. The molecule has 2 heterocycles. The van der Waals surface area contributed by atoms with Crippen molar-refractivity contribution in [2.75, 3.05) is 12.3 Å². The first-order valence-corrected chi connectivity index (χ1v) is 10.5. The van der Waals surface area contributed by atoms with Crippen molar-refractivity contribution in [3.05, 3.63) is 52.7 Å². The average Bonchev–Trinajstić information content (AvgIpc) is 3.37. The number of amides is 1. The van der Waals surface area contributed by atoms with E-state index in [9.17, 15) is 9.59 Å². The standard InChI is InChI=1S/C20H22N4O3S/c25-18(12-28-20-23-15-7-3-4-8-17(15)27-20)21-9-10-24-13-22-16(11-19(24)26)14-5-1-2-6-14/h3-4,7-8,11,13-14H,1-2,5-6,9-10,12H2,(H,21,25). The molecule has 1 saturated carbocycles. The van der Waals surface area contributed by atoms with Crippen molar-refractivity contribution < 1.29 is 9.21 Å². The molecule has 0 spiro atoms. The van der Waals surface area contributed by atoms with Gasteiger partial charge in [-0.25, -0.2) is 9.97 Å². The van der Waals surface area contributed by atoms with Crippen LogP contribution in [0, 0.1) is 0 Å². The van der Waals surface area contributed by atoms with Crippen LogP contribution < -0.4 is 10.9 Å². The summed E-state index contributed by atoms with van der Waals surface area (Å²) in [7, 11) is 0. The zero-order chi connectivity index (χ0) is 19.3. The van der Waals surface area contributed by atoms with Crippen LogP contribution in [0.15, 0.2) is 51.1 Å². The van der Waals surface area contributed by atoms with E-state index in [-0.39, 0.29) is 17.2 Å². The Morgan fingerprint density at radius 2 is 2.11 bits per heavy atom. The third-order valence-corrected chi connectivity index (χ3v) is 5.78. The van der Waals surface area contributed by atoms with E-state index in [1.165, 1.54) is 29.2 Å². The Bertz CT molecular complexity index is 990. The summed E-state index contributed by atoms with van der Waals surface area (Å²) in [5.74, 6) is 0.502. The average molecular weight is 398 g/mol. The van der Waals surface area contributed by atoms with E-state index in [0.717, 1.165) is 24.1 Å². The minimum absolute atomic E-state index is 0.0630. The monoisotopic (exact) mass is 398 g/mol. The summed E-state index contributed by atoms with van der Waals surface area (Å²) in [5, 5.41) is 3.29. The minimum Gasteiger partial charge on any atom is -0.431 e. The predicted octanol–water partition coefficient (Wildman–Crippen LogP) is 2.95. The minimum atomic E-state index is -0.129. The SMILES string of the molecule is O=C(CSc1nc2ccccc2o1)NCCn1cnc(C2CCCC2)cc1=O. The highest BCUT2D eigenvalue weighted by Gasteiger charge is 2.19. The van der Waals surface area contributed by atoms with Gasteiger partial charge in [0.2, 0.25) is 5.91 Å². The van der Waals surface area contributed by atoms with E-state index in [1.807, 2.05) is 24.3 Å². The van der Waals surface area contributed by atoms with Gasteiger partial charge in [-0.05, 0) is 25.0 Å². The Labute approximate surface area is 166 Å². The fraction of sp³-hybridized carbons (Fsp3) is 0.400. The number of fused-ring (bicyclic) bond motifs is 1. The van der Waals surface area contributed by atoms with Crippen molar-refractivity contribution in [1.29, 1.82) is 0 Å². The highest BCUT2D eigenvalue weighted by atomic mass is 32.2. The van der Waals surface area contributed by atoms with Gasteiger partial charge in [0, 0.05) is 25.1 Å². The number of nitrogens with one attached hydrogen (secondary N) is 1. The topological polar surface area (TPSA) is 90.0 Å². The number of para-hydroxylation sites is 2. The predicted molar refractivity (Wildman–Crippen MR) is 107 cm³/mol. The Hall–Kier alpha value is -2.61. The lowest BCUT2D eigenvalue weighted by Crippen LogP contribution is -2.32. The largest absolute Gasteiger partial charge is 0.431 e. The van der Waals surface area contributed by atoms with Gasteiger partial charge in [0.1, 0.15) is 5.52 Å². The van der Waals surface area contributed by atoms with E-state index in [2.05, 4.69) is 15.3 Å². The maximum absolute atomic E-state index is 12.3. The number of rotatable bonds is 7. The van der Waals surface area contributed by atoms with Crippen LogP contribution in [0.3, 0.4) is 0 Å². The van der Waals surface area contributed by atoms with Crippen LogP contribution >= 0.6 is 11.8 Å². The number of thioether (sulfide) groups is 1. The molecular formula is C20H22N4O3S. The van der Waals surface area contributed by atoms with Crippen molar-refractivity contribution in [3.8, 4) is 0 Å². The molecular weight excluding hydrogens is 376 g/mol. The Kier molecular flexibility index (Phi) is 5.76. The number of carbonyl (C=O) groups is 1. The zero-order valence-corrected chi connectivity index (χ0v) is 16.3. The van der Waals surface area contributed by atoms with Crippen molar-refractivity contribution in [2.24, 2.45) is 0 Å². The molecule has 0 saturated heterocycles. The van der Waals surface area contributed by atoms with Crippen LogP contribution in [0.2, 0.25) is 0 Å². The van der Waals surface area contributed by atoms with Crippen molar-refractivity contribution in [3.63, 3.8) is 0 Å². The molecule has 4 rings (SSSR count). The molecule has 8 heteroatoms. The summed E-state index contributed by atoms with van der Waals surface area (Å²) in [6.45, 7) is 0.771. The molecule has 1 fully saturated rings. The summed E-state index contributed by atoms with van der Waals surface area (Å²) >= 11 is 1.25. The molecule has 1 aromatic carbocycles. The molecule has 1 amide bonds. The number of hydrogen-bond donors (Lipinski definition) is 1. The summed E-state index contributed by atoms with van der Waals surface area (Å²) in [6, 6.07) is 9.12. The molecule has 0 atom stereocenters. The number of oxazole rings is 1. The molecule has 0 bridgehead atoms. The fourth-order valence-electron chi connectivity index (χ4n) is 3.46. The number of carbonyl (C=O) groups excluding carboxylic acids is 1.